The fourth-order valence-electron chi connectivity index (χ4n) is 2.16. The second-order valence-electron chi connectivity index (χ2n) is 5.29. The van der Waals surface area contributed by atoms with E-state index < -0.39 is 74.9 Å². The van der Waals surface area contributed by atoms with Gasteiger partial charge in [-0.05, 0) is 0 Å². The van der Waals surface area contributed by atoms with E-state index in [9.17, 15) is 30.6 Å². The third-order valence-corrected chi connectivity index (χ3v) is 3.62. The topological polar surface area (TPSA) is 201 Å². The summed E-state index contributed by atoms with van der Waals surface area (Å²) in [5.74, 6) is 0. The van der Waals surface area contributed by atoms with E-state index in [-0.39, 0.29) is 0 Å². The smallest absolute Gasteiger partial charge is 0.187 e. The number of ether oxygens (including phenoxy) is 2. The monoisotopic (exact) mass is 344 g/mol. The van der Waals surface area contributed by atoms with Gasteiger partial charge in [0.1, 0.15) is 48.8 Å². The van der Waals surface area contributed by atoms with Crippen LogP contribution in [-0.4, -0.2) is 121 Å². The molecular formula is C12H24O11. The Labute approximate surface area is 131 Å². The molecule has 0 aliphatic carbocycles. The number of hydrogen-bond donors (Lipinski definition) is 9. The van der Waals surface area contributed by atoms with E-state index >= 15 is 0 Å². The molecule has 11 nitrogen and oxygen atoms in total. The molecule has 9 atom stereocenters. The maximum atomic E-state index is 9.83. The molecule has 9 N–H and O–H groups in total. The third-order valence-electron chi connectivity index (χ3n) is 3.62. The highest BCUT2D eigenvalue weighted by Crippen LogP contribution is 2.24. The molecule has 1 aliphatic heterocycles. The van der Waals surface area contributed by atoms with Gasteiger partial charge in [0.05, 0.1) is 19.8 Å². The Balaban J connectivity index is 2.89. The zero-order valence-corrected chi connectivity index (χ0v) is 12.2. The Bertz CT molecular complexity index is 341. The third kappa shape index (κ3) is 4.78. The molecule has 0 aromatic heterocycles. The van der Waals surface area contributed by atoms with Gasteiger partial charge in [0.2, 0.25) is 0 Å². The Morgan fingerprint density at radius 3 is 1.87 bits per heavy atom. The molecule has 0 aromatic carbocycles. The van der Waals surface area contributed by atoms with Crippen molar-refractivity contribution >= 4 is 0 Å². The van der Waals surface area contributed by atoms with Gasteiger partial charge in [-0.1, -0.05) is 0 Å². The highest BCUT2D eigenvalue weighted by atomic mass is 16.7. The summed E-state index contributed by atoms with van der Waals surface area (Å²) in [7, 11) is 0. The molecule has 23 heavy (non-hydrogen) atoms. The van der Waals surface area contributed by atoms with Crippen molar-refractivity contribution in [1.82, 2.24) is 0 Å². The van der Waals surface area contributed by atoms with Crippen LogP contribution in [0, 0.1) is 0 Å². The van der Waals surface area contributed by atoms with Gasteiger partial charge in [-0.3, -0.25) is 0 Å². The lowest BCUT2D eigenvalue weighted by Gasteiger charge is -2.42. The number of rotatable bonds is 8. The van der Waals surface area contributed by atoms with Gasteiger partial charge < -0.3 is 55.4 Å². The number of aliphatic hydroxyl groups is 9. The van der Waals surface area contributed by atoms with E-state index in [0.29, 0.717) is 0 Å². The standard InChI is InChI=1S/C12H24O11/c13-1-4(16)7(18)11(5(17)2-14)23-12-10(21)9(20)8(19)6(3-15)22-12/h4-21H,1-3H2/t4-,5-,6?,7-,8+,9-,10?,11-,12+/m1/s1. The predicted octanol–water partition coefficient (Wildman–Crippen LogP) is -5.76. The van der Waals surface area contributed by atoms with Crippen molar-refractivity contribution in [1.29, 1.82) is 0 Å². The first-order chi connectivity index (χ1) is 10.8. The van der Waals surface area contributed by atoms with Crippen LogP contribution < -0.4 is 0 Å². The van der Waals surface area contributed by atoms with Gasteiger partial charge in [-0.15, -0.1) is 0 Å². The summed E-state index contributed by atoms with van der Waals surface area (Å²) in [5, 5.41) is 84.9. The molecule has 1 aliphatic rings. The van der Waals surface area contributed by atoms with Gasteiger partial charge in [0.15, 0.2) is 6.29 Å². The predicted molar refractivity (Wildman–Crippen MR) is 70.8 cm³/mol. The normalized spacial score (nSPS) is 37.2. The second kappa shape index (κ2) is 9.15. The quantitative estimate of drug-likeness (QED) is 0.203. The van der Waals surface area contributed by atoms with Crippen LogP contribution in [0.2, 0.25) is 0 Å². The molecule has 1 saturated heterocycles. The summed E-state index contributed by atoms with van der Waals surface area (Å²) in [6.45, 7) is -2.45. The minimum absolute atomic E-state index is 0.708. The minimum Gasteiger partial charge on any atom is -0.394 e. The maximum Gasteiger partial charge on any atom is 0.187 e. The molecule has 0 spiro atoms. The summed E-state index contributed by atoms with van der Waals surface area (Å²) in [6.07, 6.45) is -15.1. The van der Waals surface area contributed by atoms with Crippen LogP contribution in [0.15, 0.2) is 0 Å². The Hall–Kier alpha value is -0.440. The highest BCUT2D eigenvalue weighted by Gasteiger charge is 2.46. The zero-order valence-electron chi connectivity index (χ0n) is 12.2. The molecule has 0 saturated carbocycles. The van der Waals surface area contributed by atoms with Crippen LogP contribution >= 0.6 is 0 Å². The zero-order chi connectivity index (χ0) is 17.7. The van der Waals surface area contributed by atoms with Crippen LogP contribution in [0.3, 0.4) is 0 Å². The Kier molecular flexibility index (Phi) is 8.20. The summed E-state index contributed by atoms with van der Waals surface area (Å²) in [5.41, 5.74) is 0. The molecule has 0 aromatic rings. The van der Waals surface area contributed by atoms with Crippen molar-refractivity contribution in [2.45, 2.75) is 55.1 Å². The van der Waals surface area contributed by atoms with Gasteiger partial charge in [-0.25, -0.2) is 0 Å². The van der Waals surface area contributed by atoms with Crippen LogP contribution in [0.5, 0.6) is 0 Å². The minimum atomic E-state index is -1.85. The summed E-state index contributed by atoms with van der Waals surface area (Å²) < 4.78 is 10.1. The van der Waals surface area contributed by atoms with Gasteiger partial charge in [0, 0.05) is 0 Å². The maximum absolute atomic E-state index is 9.83. The van der Waals surface area contributed by atoms with E-state index in [2.05, 4.69) is 0 Å². The van der Waals surface area contributed by atoms with Crippen molar-refractivity contribution in [3.05, 3.63) is 0 Å². The number of aliphatic hydroxyl groups excluding tert-OH is 9. The van der Waals surface area contributed by atoms with E-state index in [1.54, 1.807) is 0 Å². The summed E-state index contributed by atoms with van der Waals surface area (Å²) in [6, 6.07) is 0. The van der Waals surface area contributed by atoms with Gasteiger partial charge in [0.25, 0.3) is 0 Å². The Morgan fingerprint density at radius 1 is 0.826 bits per heavy atom. The molecule has 1 fully saturated rings. The molecule has 0 radical (unpaired) electrons. The molecule has 0 amide bonds. The molecule has 0 bridgehead atoms. The molecule has 11 heteroatoms. The average molecular weight is 344 g/mol. The van der Waals surface area contributed by atoms with Crippen molar-refractivity contribution in [3.8, 4) is 0 Å². The fourth-order valence-corrected chi connectivity index (χ4v) is 2.16. The molecule has 138 valence electrons. The molecule has 1 heterocycles. The van der Waals surface area contributed by atoms with Crippen LogP contribution in [0.4, 0.5) is 0 Å². The van der Waals surface area contributed by atoms with Crippen molar-refractivity contribution in [3.63, 3.8) is 0 Å². The van der Waals surface area contributed by atoms with Crippen LogP contribution in [0.25, 0.3) is 0 Å². The molecule has 1 rings (SSSR count). The summed E-state index contributed by atoms with van der Waals surface area (Å²) >= 11 is 0. The molecule has 2 unspecified atom stereocenters. The van der Waals surface area contributed by atoms with Crippen molar-refractivity contribution in [2.24, 2.45) is 0 Å². The lowest BCUT2D eigenvalue weighted by Crippen LogP contribution is -2.61. The fraction of sp³-hybridized carbons (Fsp3) is 1.00. The first kappa shape index (κ1) is 20.6. The van der Waals surface area contributed by atoms with Crippen LogP contribution in [0.1, 0.15) is 0 Å². The van der Waals surface area contributed by atoms with E-state index in [0.717, 1.165) is 0 Å². The second-order valence-corrected chi connectivity index (χ2v) is 5.29. The molecular weight excluding hydrogens is 320 g/mol. The highest BCUT2D eigenvalue weighted by molar-refractivity contribution is 4.91. The van der Waals surface area contributed by atoms with Crippen molar-refractivity contribution in [2.75, 3.05) is 19.8 Å². The van der Waals surface area contributed by atoms with E-state index in [1.165, 1.54) is 0 Å². The van der Waals surface area contributed by atoms with Gasteiger partial charge in [-0.2, -0.15) is 0 Å². The summed E-state index contributed by atoms with van der Waals surface area (Å²) in [4.78, 5) is 0. The van der Waals surface area contributed by atoms with Crippen molar-refractivity contribution < 1.29 is 55.4 Å². The lowest BCUT2D eigenvalue weighted by atomic mass is 9.98. The van der Waals surface area contributed by atoms with Crippen LogP contribution in [-0.2, 0) is 9.47 Å². The largest absolute Gasteiger partial charge is 0.394 e. The van der Waals surface area contributed by atoms with E-state index in [1.807, 2.05) is 0 Å². The Morgan fingerprint density at radius 2 is 1.39 bits per heavy atom. The average Bonchev–Trinajstić information content (AvgIpc) is 2.57. The SMILES string of the molecule is OCC1O[C@@H](O[C@@H]([C@H](O)[C@H](O)CO)[C@H](O)CO)C(O)[C@H](O)[C@H]1O. The van der Waals surface area contributed by atoms with Gasteiger partial charge >= 0.3 is 0 Å². The first-order valence-corrected chi connectivity index (χ1v) is 7.00. The van der Waals surface area contributed by atoms with E-state index in [4.69, 9.17) is 24.8 Å². The number of hydrogen-bond acceptors (Lipinski definition) is 11. The lowest BCUT2D eigenvalue weighted by molar-refractivity contribution is -0.327. The first-order valence-electron chi connectivity index (χ1n) is 7.00.